The van der Waals surface area contributed by atoms with Gasteiger partial charge in [-0.15, -0.1) is 10.2 Å². The number of fused-ring (bicyclic) bond motifs is 2. The van der Waals surface area contributed by atoms with Crippen LogP contribution in [0.1, 0.15) is 45.4 Å². The quantitative estimate of drug-likeness (QED) is 0.507. The van der Waals surface area contributed by atoms with Gasteiger partial charge in [0, 0.05) is 30.7 Å². The number of nitrogens with zero attached hydrogens (tertiary/aromatic N) is 5. The monoisotopic (exact) mass is 508 g/mol. The highest BCUT2D eigenvalue weighted by Gasteiger charge is 2.50. The zero-order chi connectivity index (χ0) is 25.9. The lowest BCUT2D eigenvalue weighted by Crippen LogP contribution is -2.67. The third kappa shape index (κ3) is 4.37. The number of piperidine rings is 2. The number of hydrogen-bond donors (Lipinski definition) is 2. The number of rotatable bonds is 5. The van der Waals surface area contributed by atoms with Gasteiger partial charge in [-0.25, -0.2) is 9.37 Å². The fourth-order valence-corrected chi connectivity index (χ4v) is 5.96. The molecule has 0 unspecified atom stereocenters. The van der Waals surface area contributed by atoms with Crippen molar-refractivity contribution < 1.29 is 13.9 Å². The number of hydrogen-bond acceptors (Lipinski definition) is 7. The fraction of sp³-hybridized carbons (Fsp3) is 0.481. The predicted molar refractivity (Wildman–Crippen MR) is 136 cm³/mol. The van der Waals surface area contributed by atoms with Crippen LogP contribution in [0.2, 0.25) is 0 Å². The Bertz CT molecular complexity index is 1390. The molecule has 0 amide bonds. The second-order valence-electron chi connectivity index (χ2n) is 10.9. The smallest absolute Gasteiger partial charge is 0.253 e. The Hall–Kier alpha value is -3.40. The molecule has 1 aromatic carbocycles. The number of alkyl halides is 1. The summed E-state index contributed by atoms with van der Waals surface area (Å²) < 4.78 is 30.5. The van der Waals surface area contributed by atoms with Crippen molar-refractivity contribution in [1.29, 1.82) is 0 Å². The number of aromatic nitrogens is 4. The highest BCUT2D eigenvalue weighted by Crippen LogP contribution is 2.42. The molecule has 2 saturated heterocycles. The van der Waals surface area contributed by atoms with Crippen LogP contribution < -0.4 is 15.8 Å². The minimum atomic E-state index is -0.994. The molecule has 10 heteroatoms. The number of nitrogens with one attached hydrogen (secondary N) is 1. The molecule has 8 nitrogen and oxygen atoms in total. The molecule has 2 bridgehead atoms. The van der Waals surface area contributed by atoms with Gasteiger partial charge in [-0.2, -0.15) is 4.39 Å². The van der Waals surface area contributed by atoms with Crippen LogP contribution in [0.5, 0.6) is 5.75 Å². The van der Waals surface area contributed by atoms with Crippen molar-refractivity contribution in [1.82, 2.24) is 25.1 Å². The lowest BCUT2D eigenvalue weighted by Gasteiger charge is -2.52. The topological polar surface area (TPSA) is 96.2 Å². The third-order valence-electron chi connectivity index (χ3n) is 8.08. The molecule has 2 aliphatic heterocycles. The second kappa shape index (κ2) is 8.86. The molecule has 4 atom stereocenters. The summed E-state index contributed by atoms with van der Waals surface area (Å²) in [6, 6.07) is 7.08. The molecule has 2 aromatic heterocycles. The first-order chi connectivity index (χ1) is 17.7. The average Bonchev–Trinajstić information content (AvgIpc) is 3.71. The summed E-state index contributed by atoms with van der Waals surface area (Å²) in [6.45, 7) is 2.18. The van der Waals surface area contributed by atoms with Gasteiger partial charge in [-0.1, -0.05) is 6.07 Å². The van der Waals surface area contributed by atoms with Crippen molar-refractivity contribution in [3.8, 4) is 28.3 Å². The third-order valence-corrected chi connectivity index (χ3v) is 8.08. The molecular weight excluding hydrogens is 478 g/mol. The standard InChI is InChI=1S/C27H30F2N6O2/c1-27-9-3-4-19(31-27)25(29)20(13-27)35(17-6-7-17)23-14-30-26(33-32-23)18-8-5-15(10-21(18)36)16-11-22(28)34(2)24(37)12-16/h5,8,10-12,14,17,19-20,25,31,36H,3-4,6-7,9,13H2,1-2H3/t19-,20-,25+,27-/m1/s1. The number of halogens is 2. The summed E-state index contributed by atoms with van der Waals surface area (Å²) >= 11 is 0. The zero-order valence-electron chi connectivity index (χ0n) is 20.9. The first-order valence-corrected chi connectivity index (χ1v) is 12.8. The highest BCUT2D eigenvalue weighted by atomic mass is 19.1. The molecule has 0 radical (unpaired) electrons. The molecule has 3 fully saturated rings. The van der Waals surface area contributed by atoms with Crippen LogP contribution in [-0.4, -0.2) is 54.7 Å². The van der Waals surface area contributed by atoms with E-state index in [2.05, 4.69) is 32.3 Å². The molecular formula is C27H30F2N6O2. The summed E-state index contributed by atoms with van der Waals surface area (Å²) in [5.74, 6) is -0.00904. The van der Waals surface area contributed by atoms with Crippen LogP contribution in [0.3, 0.4) is 0 Å². The molecule has 37 heavy (non-hydrogen) atoms. The van der Waals surface area contributed by atoms with E-state index in [1.807, 2.05) is 0 Å². The number of benzene rings is 1. The van der Waals surface area contributed by atoms with Gasteiger partial charge in [0.15, 0.2) is 17.6 Å². The lowest BCUT2D eigenvalue weighted by molar-refractivity contribution is 0.0584. The van der Waals surface area contributed by atoms with Gasteiger partial charge in [0.2, 0.25) is 0 Å². The number of phenolic OH excluding ortho intramolecular Hbond substituents is 1. The largest absolute Gasteiger partial charge is 0.507 e. The van der Waals surface area contributed by atoms with Gasteiger partial charge < -0.3 is 15.3 Å². The van der Waals surface area contributed by atoms with E-state index < -0.39 is 17.7 Å². The first kappa shape index (κ1) is 24.0. The van der Waals surface area contributed by atoms with Gasteiger partial charge in [-0.3, -0.25) is 9.36 Å². The SMILES string of the molecule is Cn1c(F)cc(-c2ccc(-c3ncc(N(C4CC4)[C@@H]4C[C@@]5(C)CCC[C@@H](N5)[C@@H]4F)nn3)c(O)c2)cc1=O. The second-order valence-corrected chi connectivity index (χ2v) is 10.9. The van der Waals surface area contributed by atoms with Crippen LogP contribution in [0, 0.1) is 5.95 Å². The van der Waals surface area contributed by atoms with Crippen molar-refractivity contribution in [3.05, 3.63) is 52.8 Å². The number of aromatic hydroxyl groups is 1. The molecule has 3 aliphatic rings. The normalized spacial score (nSPS) is 27.2. The van der Waals surface area contributed by atoms with Crippen LogP contribution in [0.15, 0.2) is 41.3 Å². The molecule has 0 spiro atoms. The van der Waals surface area contributed by atoms with Crippen molar-refractivity contribution in [2.75, 3.05) is 4.90 Å². The fourth-order valence-electron chi connectivity index (χ4n) is 5.96. The Morgan fingerprint density at radius 2 is 1.97 bits per heavy atom. The summed E-state index contributed by atoms with van der Waals surface area (Å²) in [5, 5.41) is 22.9. The van der Waals surface area contributed by atoms with Gasteiger partial charge in [0.1, 0.15) is 11.9 Å². The Balaban J connectivity index is 1.27. The molecule has 194 valence electrons. The van der Waals surface area contributed by atoms with Crippen LogP contribution in [0.4, 0.5) is 14.6 Å². The maximum Gasteiger partial charge on any atom is 0.253 e. The number of anilines is 1. The molecule has 1 saturated carbocycles. The Kier molecular flexibility index (Phi) is 5.74. The molecule has 6 rings (SSSR count). The van der Waals surface area contributed by atoms with Gasteiger partial charge in [-0.05, 0) is 74.8 Å². The van der Waals surface area contributed by atoms with E-state index in [9.17, 15) is 14.3 Å². The van der Waals surface area contributed by atoms with Crippen LogP contribution in [0.25, 0.3) is 22.5 Å². The minimum absolute atomic E-state index is 0.0798. The summed E-state index contributed by atoms with van der Waals surface area (Å²) in [4.78, 5) is 18.5. The summed E-state index contributed by atoms with van der Waals surface area (Å²) in [7, 11) is 1.35. The van der Waals surface area contributed by atoms with Crippen molar-refractivity contribution in [2.24, 2.45) is 7.05 Å². The van der Waals surface area contributed by atoms with E-state index in [1.54, 1.807) is 18.3 Å². The molecule has 3 aromatic rings. The van der Waals surface area contributed by atoms with Gasteiger partial charge in [0.05, 0.1) is 17.8 Å². The molecule has 2 N–H and O–H groups in total. The number of pyridine rings is 1. The average molecular weight is 509 g/mol. The van der Waals surface area contributed by atoms with E-state index in [4.69, 9.17) is 0 Å². The Morgan fingerprint density at radius 1 is 1.16 bits per heavy atom. The maximum atomic E-state index is 15.6. The van der Waals surface area contributed by atoms with E-state index >= 15 is 4.39 Å². The predicted octanol–water partition coefficient (Wildman–Crippen LogP) is 3.73. The minimum Gasteiger partial charge on any atom is -0.507 e. The lowest BCUT2D eigenvalue weighted by atomic mass is 9.74. The molecule has 4 heterocycles. The van der Waals surface area contributed by atoms with Crippen molar-refractivity contribution in [3.63, 3.8) is 0 Å². The Labute approximate surface area is 213 Å². The van der Waals surface area contributed by atoms with E-state index in [0.29, 0.717) is 28.9 Å². The Morgan fingerprint density at radius 3 is 2.65 bits per heavy atom. The van der Waals surface area contributed by atoms with Crippen molar-refractivity contribution in [2.45, 2.75) is 75.3 Å². The first-order valence-electron chi connectivity index (χ1n) is 12.8. The van der Waals surface area contributed by atoms with Crippen molar-refractivity contribution >= 4 is 5.82 Å². The summed E-state index contributed by atoms with van der Waals surface area (Å²) in [5.41, 5.74) is 0.643. The molecule has 1 aliphatic carbocycles. The van der Waals surface area contributed by atoms with Gasteiger partial charge >= 0.3 is 0 Å². The van der Waals surface area contributed by atoms with Gasteiger partial charge in [0.25, 0.3) is 5.56 Å². The van der Waals surface area contributed by atoms with E-state index in [-0.39, 0.29) is 35.2 Å². The highest BCUT2D eigenvalue weighted by molar-refractivity contribution is 5.72. The zero-order valence-corrected chi connectivity index (χ0v) is 20.9. The van der Waals surface area contributed by atoms with Crippen LogP contribution in [-0.2, 0) is 7.05 Å². The van der Waals surface area contributed by atoms with Crippen LogP contribution >= 0.6 is 0 Å². The maximum absolute atomic E-state index is 15.6. The van der Waals surface area contributed by atoms with E-state index in [1.165, 1.54) is 25.2 Å². The van der Waals surface area contributed by atoms with E-state index in [0.717, 1.165) is 36.7 Å². The number of phenols is 1. The summed E-state index contributed by atoms with van der Waals surface area (Å²) in [6.07, 6.45) is 6.22.